The first-order chi connectivity index (χ1) is 8.66. The fourth-order valence-corrected chi connectivity index (χ4v) is 3.03. The molecule has 0 saturated carbocycles. The van der Waals surface area contributed by atoms with E-state index in [4.69, 9.17) is 5.11 Å². The highest BCUT2D eigenvalue weighted by molar-refractivity contribution is 7.12. The first-order valence-electron chi connectivity index (χ1n) is 5.58. The number of aromatic carboxylic acids is 1. The first-order valence-corrected chi connectivity index (χ1v) is 7.34. The third-order valence-electron chi connectivity index (χ3n) is 2.48. The third kappa shape index (κ3) is 3.38. The number of aryl methyl sites for hydroxylation is 1. The van der Waals surface area contributed by atoms with E-state index in [1.54, 1.807) is 11.3 Å². The van der Waals surface area contributed by atoms with E-state index in [1.165, 1.54) is 11.3 Å². The maximum atomic E-state index is 10.9. The molecule has 2 heterocycles. The molecule has 2 rings (SSSR count). The van der Waals surface area contributed by atoms with Crippen molar-refractivity contribution in [3.8, 4) is 0 Å². The van der Waals surface area contributed by atoms with Gasteiger partial charge in [-0.3, -0.25) is 0 Å². The number of thiazole rings is 1. The fraction of sp³-hybridized carbons (Fsp3) is 0.333. The maximum absolute atomic E-state index is 10.9. The minimum absolute atomic E-state index is 0.423. The van der Waals surface area contributed by atoms with Crippen LogP contribution >= 0.6 is 22.7 Å². The molecule has 0 aliphatic carbocycles. The Balaban J connectivity index is 1.78. The van der Waals surface area contributed by atoms with Crippen LogP contribution in [-0.2, 0) is 13.0 Å². The molecule has 0 radical (unpaired) electrons. The van der Waals surface area contributed by atoms with Gasteiger partial charge in [-0.1, -0.05) is 0 Å². The summed E-state index contributed by atoms with van der Waals surface area (Å²) in [6, 6.07) is 1.86. The second-order valence-corrected chi connectivity index (χ2v) is 5.84. The van der Waals surface area contributed by atoms with Crippen molar-refractivity contribution in [1.82, 2.24) is 10.3 Å². The molecule has 0 spiro atoms. The van der Waals surface area contributed by atoms with Crippen molar-refractivity contribution in [3.05, 3.63) is 38.0 Å². The monoisotopic (exact) mass is 282 g/mol. The van der Waals surface area contributed by atoms with Gasteiger partial charge in [0, 0.05) is 24.9 Å². The number of hydrogen-bond donors (Lipinski definition) is 2. The molecule has 0 atom stereocenters. The Labute approximate surface area is 113 Å². The summed E-state index contributed by atoms with van der Waals surface area (Å²) in [4.78, 5) is 15.7. The van der Waals surface area contributed by atoms with E-state index >= 15 is 0 Å². The average Bonchev–Trinajstić information content (AvgIpc) is 2.93. The highest BCUT2D eigenvalue weighted by atomic mass is 32.1. The van der Waals surface area contributed by atoms with Crippen LogP contribution in [0.1, 0.15) is 25.9 Å². The van der Waals surface area contributed by atoms with E-state index in [1.807, 2.05) is 18.4 Å². The largest absolute Gasteiger partial charge is 0.477 e. The summed E-state index contributed by atoms with van der Waals surface area (Å²) >= 11 is 2.92. The van der Waals surface area contributed by atoms with Gasteiger partial charge in [-0.15, -0.1) is 22.7 Å². The Morgan fingerprint density at radius 3 is 3.00 bits per heavy atom. The summed E-state index contributed by atoms with van der Waals surface area (Å²) in [6.07, 6.45) is 0.872. The fourth-order valence-electron chi connectivity index (χ4n) is 1.63. The van der Waals surface area contributed by atoms with Crippen LogP contribution in [0.25, 0.3) is 0 Å². The van der Waals surface area contributed by atoms with Crippen LogP contribution in [0.5, 0.6) is 0 Å². The highest BCUT2D eigenvalue weighted by Crippen LogP contribution is 2.16. The van der Waals surface area contributed by atoms with Crippen LogP contribution < -0.4 is 5.32 Å². The van der Waals surface area contributed by atoms with Crippen molar-refractivity contribution in [3.63, 3.8) is 0 Å². The number of nitrogens with one attached hydrogen (secondary N) is 1. The van der Waals surface area contributed by atoms with Gasteiger partial charge < -0.3 is 10.4 Å². The normalized spacial score (nSPS) is 10.7. The predicted molar refractivity (Wildman–Crippen MR) is 73.5 cm³/mol. The van der Waals surface area contributed by atoms with Gasteiger partial charge in [0.25, 0.3) is 0 Å². The molecule has 4 nitrogen and oxygen atoms in total. The van der Waals surface area contributed by atoms with Crippen LogP contribution in [0.2, 0.25) is 0 Å². The van der Waals surface area contributed by atoms with Gasteiger partial charge in [0.05, 0.1) is 10.7 Å². The molecule has 6 heteroatoms. The summed E-state index contributed by atoms with van der Waals surface area (Å²) in [7, 11) is 0. The Morgan fingerprint density at radius 1 is 1.50 bits per heavy atom. The minimum Gasteiger partial charge on any atom is -0.477 e. The maximum Gasteiger partial charge on any atom is 0.346 e. The molecule has 0 saturated heterocycles. The zero-order valence-electron chi connectivity index (χ0n) is 9.97. The van der Waals surface area contributed by atoms with Gasteiger partial charge in [-0.25, -0.2) is 9.78 Å². The number of carboxylic acid groups (broad SMARTS) is 1. The van der Waals surface area contributed by atoms with E-state index in [0.717, 1.165) is 29.2 Å². The Kier molecular flexibility index (Phi) is 4.46. The van der Waals surface area contributed by atoms with Crippen LogP contribution in [-0.4, -0.2) is 22.6 Å². The van der Waals surface area contributed by atoms with Crippen LogP contribution in [0, 0.1) is 6.92 Å². The predicted octanol–water partition coefficient (Wildman–Crippen LogP) is 2.54. The molecule has 96 valence electrons. The lowest BCUT2D eigenvalue weighted by molar-refractivity contribution is 0.0701. The summed E-state index contributed by atoms with van der Waals surface area (Å²) in [5, 5.41) is 17.2. The zero-order valence-corrected chi connectivity index (χ0v) is 11.6. The number of carbonyl (C=O) groups is 1. The van der Waals surface area contributed by atoms with Crippen LogP contribution in [0.3, 0.4) is 0 Å². The van der Waals surface area contributed by atoms with Crippen molar-refractivity contribution < 1.29 is 9.90 Å². The van der Waals surface area contributed by atoms with Gasteiger partial charge in [0.15, 0.2) is 0 Å². The topological polar surface area (TPSA) is 62.2 Å². The second kappa shape index (κ2) is 6.08. The molecule has 2 aromatic rings. The quantitative estimate of drug-likeness (QED) is 0.799. The Morgan fingerprint density at radius 2 is 2.33 bits per heavy atom. The molecule has 0 fully saturated rings. The second-order valence-electron chi connectivity index (χ2n) is 3.86. The highest BCUT2D eigenvalue weighted by Gasteiger charge is 2.10. The lowest BCUT2D eigenvalue weighted by Gasteiger charge is -2.03. The van der Waals surface area contributed by atoms with E-state index in [0.29, 0.717) is 11.4 Å². The smallest absolute Gasteiger partial charge is 0.346 e. The van der Waals surface area contributed by atoms with E-state index < -0.39 is 5.97 Å². The van der Waals surface area contributed by atoms with Crippen molar-refractivity contribution in [2.75, 3.05) is 6.54 Å². The standard InChI is InChI=1S/C12H14N2O2S2/c1-8-14-10(7-18-8)2-4-13-6-9-3-5-17-11(9)12(15)16/h3,5,7,13H,2,4,6H2,1H3,(H,15,16). The molecular formula is C12H14N2O2S2. The van der Waals surface area contributed by atoms with Gasteiger partial charge in [-0.2, -0.15) is 0 Å². The van der Waals surface area contributed by atoms with E-state index in [9.17, 15) is 4.79 Å². The van der Waals surface area contributed by atoms with Crippen molar-refractivity contribution >= 4 is 28.6 Å². The molecule has 0 aliphatic heterocycles. The van der Waals surface area contributed by atoms with Gasteiger partial charge in [0.2, 0.25) is 0 Å². The lowest BCUT2D eigenvalue weighted by atomic mass is 10.2. The Bertz CT molecular complexity index is 534. The number of carboxylic acids is 1. The number of hydrogen-bond acceptors (Lipinski definition) is 5. The van der Waals surface area contributed by atoms with E-state index in [-0.39, 0.29) is 0 Å². The van der Waals surface area contributed by atoms with Crippen LogP contribution in [0.15, 0.2) is 16.8 Å². The van der Waals surface area contributed by atoms with Gasteiger partial charge >= 0.3 is 5.97 Å². The van der Waals surface area contributed by atoms with Crippen molar-refractivity contribution in [1.29, 1.82) is 0 Å². The molecule has 0 unspecified atom stereocenters. The molecular weight excluding hydrogens is 268 g/mol. The number of rotatable bonds is 6. The minimum atomic E-state index is -0.850. The van der Waals surface area contributed by atoms with Gasteiger partial charge in [0.1, 0.15) is 4.88 Å². The summed E-state index contributed by atoms with van der Waals surface area (Å²) in [5.41, 5.74) is 1.94. The number of thiophene rings is 1. The van der Waals surface area contributed by atoms with Crippen LogP contribution in [0.4, 0.5) is 0 Å². The SMILES string of the molecule is Cc1nc(CCNCc2ccsc2C(=O)O)cs1. The lowest BCUT2D eigenvalue weighted by Crippen LogP contribution is -2.17. The summed E-state index contributed by atoms with van der Waals surface area (Å²) < 4.78 is 0. The summed E-state index contributed by atoms with van der Waals surface area (Å²) in [5.74, 6) is -0.850. The molecule has 2 aromatic heterocycles. The summed E-state index contributed by atoms with van der Waals surface area (Å²) in [6.45, 7) is 3.39. The third-order valence-corrected chi connectivity index (χ3v) is 4.25. The molecule has 0 amide bonds. The number of nitrogens with zero attached hydrogens (tertiary/aromatic N) is 1. The van der Waals surface area contributed by atoms with Crippen molar-refractivity contribution in [2.24, 2.45) is 0 Å². The Hall–Kier alpha value is -1.24. The molecule has 18 heavy (non-hydrogen) atoms. The van der Waals surface area contributed by atoms with E-state index in [2.05, 4.69) is 15.7 Å². The molecule has 2 N–H and O–H groups in total. The molecule has 0 aliphatic rings. The number of aromatic nitrogens is 1. The average molecular weight is 282 g/mol. The molecule has 0 aromatic carbocycles. The van der Waals surface area contributed by atoms with Crippen molar-refractivity contribution in [2.45, 2.75) is 19.9 Å². The zero-order chi connectivity index (χ0) is 13.0. The first kappa shape index (κ1) is 13.2. The van der Waals surface area contributed by atoms with Gasteiger partial charge in [-0.05, 0) is 23.9 Å². The molecule has 0 bridgehead atoms.